The highest BCUT2D eigenvalue weighted by molar-refractivity contribution is 7.18. The molecule has 1 N–H and O–H groups in total. The molecule has 0 aliphatic heterocycles. The van der Waals surface area contributed by atoms with Crippen molar-refractivity contribution >= 4 is 50.6 Å². The Balaban J connectivity index is 1.88. The number of hydrogen-bond acceptors (Lipinski definition) is 6. The van der Waals surface area contributed by atoms with Gasteiger partial charge in [-0.15, -0.1) is 11.3 Å². The Morgan fingerprint density at radius 2 is 1.96 bits per heavy atom. The third kappa shape index (κ3) is 3.75. The van der Waals surface area contributed by atoms with Crippen molar-refractivity contribution in [3.63, 3.8) is 0 Å². The molecule has 0 saturated carbocycles. The molecular weight excluding hydrogens is 358 g/mol. The molecule has 0 spiro atoms. The van der Waals surface area contributed by atoms with Crippen LogP contribution in [0.15, 0.2) is 24.3 Å². The molecule has 0 amide bonds. The Labute approximate surface area is 155 Å². The van der Waals surface area contributed by atoms with Gasteiger partial charge < -0.3 is 10.1 Å². The second kappa shape index (κ2) is 7.37. The summed E-state index contributed by atoms with van der Waals surface area (Å²) in [5.41, 5.74) is 2.47. The Bertz CT molecular complexity index is 922. The molecule has 2 aromatic heterocycles. The summed E-state index contributed by atoms with van der Waals surface area (Å²) in [6, 6.07) is 7.09. The fourth-order valence-corrected chi connectivity index (χ4v) is 3.67. The van der Waals surface area contributed by atoms with Crippen molar-refractivity contribution in [2.24, 2.45) is 0 Å². The molecule has 0 radical (unpaired) electrons. The molecule has 25 heavy (non-hydrogen) atoms. The lowest BCUT2D eigenvalue weighted by Gasteiger charge is -2.09. The third-order valence-electron chi connectivity index (χ3n) is 3.82. The number of ether oxygens (including phenoxy) is 1. The van der Waals surface area contributed by atoms with Crippen LogP contribution in [-0.2, 0) is 4.74 Å². The molecule has 2 heterocycles. The van der Waals surface area contributed by atoms with Crippen molar-refractivity contribution in [1.82, 2.24) is 9.97 Å². The Kier molecular flexibility index (Phi) is 5.20. The van der Waals surface area contributed by atoms with Gasteiger partial charge in [0, 0.05) is 10.6 Å². The van der Waals surface area contributed by atoms with Gasteiger partial charge in [0.15, 0.2) is 0 Å². The molecule has 0 fully saturated rings. The Hall–Kier alpha value is -2.18. The number of aromatic nitrogens is 2. The second-order valence-electron chi connectivity index (χ2n) is 5.64. The van der Waals surface area contributed by atoms with Crippen LogP contribution in [0.4, 0.5) is 11.5 Å². The van der Waals surface area contributed by atoms with E-state index in [0.717, 1.165) is 27.9 Å². The summed E-state index contributed by atoms with van der Waals surface area (Å²) in [5.74, 6) is 0.350. The first-order chi connectivity index (χ1) is 12.0. The van der Waals surface area contributed by atoms with Crippen molar-refractivity contribution < 1.29 is 9.53 Å². The summed E-state index contributed by atoms with van der Waals surface area (Å²) in [6.45, 7) is 6.48. The molecule has 130 valence electrons. The highest BCUT2D eigenvalue weighted by Gasteiger charge is 2.14. The number of nitrogens with one attached hydrogen (secondary N) is 1. The lowest BCUT2D eigenvalue weighted by atomic mass is 10.2. The number of aryl methyl sites for hydroxylation is 2. The average molecular weight is 376 g/mol. The van der Waals surface area contributed by atoms with Gasteiger partial charge in [-0.05, 0) is 61.7 Å². The Morgan fingerprint density at radius 1 is 1.24 bits per heavy atom. The first-order valence-corrected chi connectivity index (χ1v) is 9.16. The van der Waals surface area contributed by atoms with Crippen LogP contribution in [-0.4, -0.2) is 22.5 Å². The number of halogens is 1. The molecule has 0 unspecified atom stereocenters. The average Bonchev–Trinajstić information content (AvgIpc) is 2.87. The van der Waals surface area contributed by atoms with Gasteiger partial charge in [0.1, 0.15) is 10.6 Å². The van der Waals surface area contributed by atoms with Gasteiger partial charge >= 0.3 is 5.97 Å². The molecule has 3 aromatic rings. The third-order valence-corrected chi connectivity index (χ3v) is 5.09. The number of anilines is 2. The molecule has 0 saturated heterocycles. The van der Waals surface area contributed by atoms with Crippen LogP contribution in [0, 0.1) is 13.8 Å². The monoisotopic (exact) mass is 375 g/mol. The second-order valence-corrected chi connectivity index (χ2v) is 7.18. The predicted molar refractivity (Wildman–Crippen MR) is 102 cm³/mol. The van der Waals surface area contributed by atoms with Gasteiger partial charge in [-0.1, -0.05) is 6.92 Å². The van der Waals surface area contributed by atoms with Crippen LogP contribution in [0.25, 0.3) is 10.2 Å². The standard InChI is InChI=1S/C18H18ClN3O2S/c1-4-9-24-17(23)12-5-7-13(8-6-12)20-15-14-10(2)11(3)25-16(14)22-18(19)21-15/h5-8H,4,9H2,1-3H3,(H,20,21,22). The minimum absolute atomic E-state index is 0.205. The van der Waals surface area contributed by atoms with Crippen LogP contribution in [0.5, 0.6) is 0 Å². The summed E-state index contributed by atoms with van der Waals surface area (Å²) in [5, 5.41) is 4.45. The van der Waals surface area contributed by atoms with Crippen LogP contribution < -0.4 is 5.32 Å². The number of esters is 1. The molecule has 0 aliphatic carbocycles. The molecule has 7 heteroatoms. The smallest absolute Gasteiger partial charge is 0.338 e. The predicted octanol–water partition coefficient (Wildman–Crippen LogP) is 5.27. The summed E-state index contributed by atoms with van der Waals surface area (Å²) in [6.07, 6.45) is 0.801. The fraction of sp³-hybridized carbons (Fsp3) is 0.278. The van der Waals surface area contributed by atoms with E-state index >= 15 is 0 Å². The topological polar surface area (TPSA) is 64.1 Å². The number of thiophene rings is 1. The number of rotatable bonds is 5. The lowest BCUT2D eigenvalue weighted by Crippen LogP contribution is -2.05. The summed E-state index contributed by atoms with van der Waals surface area (Å²) in [7, 11) is 0. The SMILES string of the molecule is CCCOC(=O)c1ccc(Nc2nc(Cl)nc3sc(C)c(C)c23)cc1. The van der Waals surface area contributed by atoms with Crippen molar-refractivity contribution in [2.45, 2.75) is 27.2 Å². The minimum atomic E-state index is -0.315. The maximum atomic E-state index is 11.9. The fourth-order valence-electron chi connectivity index (χ4n) is 2.42. The number of fused-ring (bicyclic) bond motifs is 1. The first-order valence-electron chi connectivity index (χ1n) is 7.97. The van der Waals surface area contributed by atoms with E-state index < -0.39 is 0 Å². The maximum absolute atomic E-state index is 11.9. The number of carbonyl (C=O) groups excluding carboxylic acids is 1. The van der Waals surface area contributed by atoms with E-state index in [4.69, 9.17) is 16.3 Å². The summed E-state index contributed by atoms with van der Waals surface area (Å²) in [4.78, 5) is 22.5. The number of nitrogens with zero attached hydrogens (tertiary/aromatic N) is 2. The number of hydrogen-bond donors (Lipinski definition) is 1. The quantitative estimate of drug-likeness (QED) is 0.486. The summed E-state index contributed by atoms with van der Waals surface area (Å²) < 4.78 is 5.13. The van der Waals surface area contributed by atoms with E-state index in [-0.39, 0.29) is 11.3 Å². The molecule has 5 nitrogen and oxygen atoms in total. The van der Waals surface area contributed by atoms with E-state index in [9.17, 15) is 4.79 Å². The Morgan fingerprint density at radius 3 is 2.64 bits per heavy atom. The van der Waals surface area contributed by atoms with Gasteiger partial charge in [0.25, 0.3) is 0 Å². The molecule has 0 atom stereocenters. The van der Waals surface area contributed by atoms with E-state index in [0.29, 0.717) is 18.0 Å². The zero-order chi connectivity index (χ0) is 18.0. The van der Waals surface area contributed by atoms with Crippen LogP contribution in [0.2, 0.25) is 5.28 Å². The van der Waals surface area contributed by atoms with Gasteiger partial charge in [-0.25, -0.2) is 9.78 Å². The molecule has 1 aromatic carbocycles. The van der Waals surface area contributed by atoms with E-state index in [2.05, 4.69) is 22.2 Å². The zero-order valence-corrected chi connectivity index (χ0v) is 15.8. The van der Waals surface area contributed by atoms with Gasteiger partial charge in [0.2, 0.25) is 5.28 Å². The maximum Gasteiger partial charge on any atom is 0.338 e. The van der Waals surface area contributed by atoms with E-state index in [1.807, 2.05) is 26.0 Å². The van der Waals surface area contributed by atoms with Gasteiger partial charge in [-0.3, -0.25) is 0 Å². The number of benzene rings is 1. The lowest BCUT2D eigenvalue weighted by molar-refractivity contribution is 0.0505. The van der Waals surface area contributed by atoms with Crippen molar-refractivity contribution in [3.8, 4) is 0 Å². The normalized spacial score (nSPS) is 10.9. The van der Waals surface area contributed by atoms with E-state index in [1.165, 1.54) is 4.88 Å². The molecule has 0 bridgehead atoms. The molecular formula is C18H18ClN3O2S. The molecule has 3 rings (SSSR count). The van der Waals surface area contributed by atoms with Gasteiger partial charge in [0.05, 0.1) is 17.6 Å². The summed E-state index contributed by atoms with van der Waals surface area (Å²) >= 11 is 7.65. The highest BCUT2D eigenvalue weighted by Crippen LogP contribution is 2.35. The van der Waals surface area contributed by atoms with Crippen molar-refractivity contribution in [3.05, 3.63) is 45.6 Å². The first kappa shape index (κ1) is 17.6. The van der Waals surface area contributed by atoms with Crippen LogP contribution in [0.3, 0.4) is 0 Å². The van der Waals surface area contributed by atoms with Crippen molar-refractivity contribution in [1.29, 1.82) is 0 Å². The minimum Gasteiger partial charge on any atom is -0.462 e. The van der Waals surface area contributed by atoms with E-state index in [1.54, 1.807) is 23.5 Å². The van der Waals surface area contributed by atoms with Crippen molar-refractivity contribution in [2.75, 3.05) is 11.9 Å². The molecule has 0 aliphatic rings. The highest BCUT2D eigenvalue weighted by atomic mass is 35.5. The van der Waals surface area contributed by atoms with Crippen LogP contribution in [0.1, 0.15) is 34.1 Å². The zero-order valence-electron chi connectivity index (χ0n) is 14.2. The number of carbonyl (C=O) groups is 1. The van der Waals surface area contributed by atoms with Gasteiger partial charge in [-0.2, -0.15) is 4.98 Å². The largest absolute Gasteiger partial charge is 0.462 e. The van der Waals surface area contributed by atoms with Crippen LogP contribution >= 0.6 is 22.9 Å².